The summed E-state index contributed by atoms with van der Waals surface area (Å²) >= 11 is 0. The van der Waals surface area contributed by atoms with Crippen molar-refractivity contribution in [3.63, 3.8) is 0 Å². The lowest BCUT2D eigenvalue weighted by atomic mass is 9.73. The highest BCUT2D eigenvalue weighted by molar-refractivity contribution is 5.81. The fraction of sp³-hybridized carbons (Fsp3) is 0.923. The Morgan fingerprint density at radius 3 is 2.64 bits per heavy atom. The van der Waals surface area contributed by atoms with E-state index < -0.39 is 0 Å². The molecule has 1 saturated carbocycles. The van der Waals surface area contributed by atoms with Gasteiger partial charge in [0.1, 0.15) is 5.78 Å². The maximum absolute atomic E-state index is 11.5. The van der Waals surface area contributed by atoms with E-state index in [9.17, 15) is 4.79 Å². The molecular formula is C13H24O. The predicted octanol–water partition coefficient (Wildman–Crippen LogP) is 3.82. The third kappa shape index (κ3) is 3.11. The zero-order valence-electron chi connectivity index (χ0n) is 9.88. The zero-order chi connectivity index (χ0) is 10.6. The minimum atomic E-state index is 0.331. The van der Waals surface area contributed by atoms with Gasteiger partial charge in [0, 0.05) is 12.3 Å². The summed E-state index contributed by atoms with van der Waals surface area (Å²) in [7, 11) is 0. The Hall–Kier alpha value is -0.330. The molecule has 0 aromatic carbocycles. The number of hydrogen-bond donors (Lipinski definition) is 0. The summed E-state index contributed by atoms with van der Waals surface area (Å²) in [6.07, 6.45) is 7.32. The average Bonchev–Trinajstić information content (AvgIpc) is 2.14. The van der Waals surface area contributed by atoms with Gasteiger partial charge in [0.15, 0.2) is 0 Å². The molecule has 0 bridgehead atoms. The van der Waals surface area contributed by atoms with Crippen molar-refractivity contribution in [2.75, 3.05) is 0 Å². The van der Waals surface area contributed by atoms with E-state index in [1.807, 2.05) is 0 Å². The molecule has 1 heteroatoms. The van der Waals surface area contributed by atoms with E-state index in [-0.39, 0.29) is 0 Å². The number of ketones is 1. The van der Waals surface area contributed by atoms with Crippen molar-refractivity contribution in [1.82, 2.24) is 0 Å². The minimum Gasteiger partial charge on any atom is -0.299 e. The minimum absolute atomic E-state index is 0.331. The highest BCUT2D eigenvalue weighted by atomic mass is 16.1. The van der Waals surface area contributed by atoms with E-state index in [1.165, 1.54) is 25.7 Å². The SMILES string of the molecule is CCCCCC1CC(C)C(=O)CC1C. The zero-order valence-corrected chi connectivity index (χ0v) is 9.88. The first-order valence-electron chi connectivity index (χ1n) is 6.17. The summed E-state index contributed by atoms with van der Waals surface area (Å²) in [5.74, 6) is 2.27. The number of hydrogen-bond acceptors (Lipinski definition) is 1. The summed E-state index contributed by atoms with van der Waals surface area (Å²) in [5.41, 5.74) is 0. The first kappa shape index (κ1) is 11.7. The normalized spacial score (nSPS) is 33.4. The quantitative estimate of drug-likeness (QED) is 0.625. The number of carbonyl (C=O) groups excluding carboxylic acids is 1. The van der Waals surface area contributed by atoms with Crippen molar-refractivity contribution in [3.05, 3.63) is 0 Å². The maximum Gasteiger partial charge on any atom is 0.135 e. The summed E-state index contributed by atoms with van der Waals surface area (Å²) < 4.78 is 0. The van der Waals surface area contributed by atoms with Gasteiger partial charge in [-0.3, -0.25) is 4.79 Å². The fourth-order valence-electron chi connectivity index (χ4n) is 2.56. The van der Waals surface area contributed by atoms with Crippen LogP contribution in [0.15, 0.2) is 0 Å². The van der Waals surface area contributed by atoms with Crippen LogP contribution in [0, 0.1) is 17.8 Å². The van der Waals surface area contributed by atoms with Gasteiger partial charge >= 0.3 is 0 Å². The van der Waals surface area contributed by atoms with Crippen molar-refractivity contribution in [2.24, 2.45) is 17.8 Å². The summed E-state index contributed by atoms with van der Waals surface area (Å²) in [6.45, 7) is 6.60. The van der Waals surface area contributed by atoms with Crippen molar-refractivity contribution < 1.29 is 4.79 Å². The molecule has 1 rings (SSSR count). The second-order valence-electron chi connectivity index (χ2n) is 5.04. The molecule has 0 spiro atoms. The largest absolute Gasteiger partial charge is 0.299 e. The second kappa shape index (κ2) is 5.53. The van der Waals surface area contributed by atoms with Crippen LogP contribution in [-0.2, 0) is 4.79 Å². The third-order valence-electron chi connectivity index (χ3n) is 3.71. The van der Waals surface area contributed by atoms with Crippen LogP contribution in [0.4, 0.5) is 0 Å². The molecule has 0 aromatic rings. The highest BCUT2D eigenvalue weighted by Gasteiger charge is 2.30. The molecule has 3 unspecified atom stereocenters. The topological polar surface area (TPSA) is 17.1 Å². The Labute approximate surface area is 88.3 Å². The third-order valence-corrected chi connectivity index (χ3v) is 3.71. The van der Waals surface area contributed by atoms with Crippen LogP contribution in [0.25, 0.3) is 0 Å². The Balaban J connectivity index is 2.33. The lowest BCUT2D eigenvalue weighted by Crippen LogP contribution is -2.29. The molecule has 1 fully saturated rings. The van der Waals surface area contributed by atoms with E-state index in [1.54, 1.807) is 0 Å². The van der Waals surface area contributed by atoms with Crippen LogP contribution in [0.2, 0.25) is 0 Å². The molecule has 82 valence electrons. The van der Waals surface area contributed by atoms with Crippen LogP contribution in [0.5, 0.6) is 0 Å². The van der Waals surface area contributed by atoms with Gasteiger partial charge in [-0.05, 0) is 18.3 Å². The van der Waals surface area contributed by atoms with Gasteiger partial charge in [-0.15, -0.1) is 0 Å². The summed E-state index contributed by atoms with van der Waals surface area (Å²) in [5, 5.41) is 0. The molecule has 0 saturated heterocycles. The number of Topliss-reactive ketones (excluding diaryl/α,β-unsaturated/α-hetero) is 1. The molecular weight excluding hydrogens is 172 g/mol. The van der Waals surface area contributed by atoms with Crippen LogP contribution in [-0.4, -0.2) is 5.78 Å². The molecule has 0 radical (unpaired) electrons. The average molecular weight is 196 g/mol. The Morgan fingerprint density at radius 1 is 1.29 bits per heavy atom. The monoisotopic (exact) mass is 196 g/mol. The van der Waals surface area contributed by atoms with Gasteiger partial charge < -0.3 is 0 Å². The van der Waals surface area contributed by atoms with Crippen molar-refractivity contribution in [3.8, 4) is 0 Å². The standard InChI is InChI=1S/C13H24O/c1-4-5-6-7-12-8-11(3)13(14)9-10(12)2/h10-12H,4-9H2,1-3H3. The molecule has 0 amide bonds. The molecule has 1 nitrogen and oxygen atoms in total. The van der Waals surface area contributed by atoms with Gasteiger partial charge in [0.05, 0.1) is 0 Å². The molecule has 1 aliphatic rings. The second-order valence-corrected chi connectivity index (χ2v) is 5.04. The smallest absolute Gasteiger partial charge is 0.135 e. The first-order chi connectivity index (χ1) is 6.65. The predicted molar refractivity (Wildman–Crippen MR) is 60.2 cm³/mol. The van der Waals surface area contributed by atoms with E-state index >= 15 is 0 Å². The Bertz CT molecular complexity index is 186. The van der Waals surface area contributed by atoms with Gasteiger partial charge in [-0.2, -0.15) is 0 Å². The molecule has 14 heavy (non-hydrogen) atoms. The van der Waals surface area contributed by atoms with Crippen molar-refractivity contribution >= 4 is 5.78 Å². The summed E-state index contributed by atoms with van der Waals surface area (Å²) in [6, 6.07) is 0. The van der Waals surface area contributed by atoms with E-state index in [0.717, 1.165) is 18.8 Å². The molecule has 0 heterocycles. The van der Waals surface area contributed by atoms with Crippen LogP contribution >= 0.6 is 0 Å². The highest BCUT2D eigenvalue weighted by Crippen LogP contribution is 2.34. The number of rotatable bonds is 4. The number of unbranched alkanes of at least 4 members (excludes halogenated alkanes) is 2. The van der Waals surface area contributed by atoms with E-state index in [2.05, 4.69) is 20.8 Å². The number of carbonyl (C=O) groups is 1. The maximum atomic E-state index is 11.5. The van der Waals surface area contributed by atoms with Crippen LogP contribution in [0.1, 0.15) is 59.3 Å². The molecule has 1 aliphatic carbocycles. The van der Waals surface area contributed by atoms with Crippen LogP contribution < -0.4 is 0 Å². The van der Waals surface area contributed by atoms with Crippen molar-refractivity contribution in [1.29, 1.82) is 0 Å². The molecule has 0 aromatic heterocycles. The van der Waals surface area contributed by atoms with E-state index in [4.69, 9.17) is 0 Å². The molecule has 0 N–H and O–H groups in total. The van der Waals surface area contributed by atoms with Gasteiger partial charge in [-0.25, -0.2) is 0 Å². The van der Waals surface area contributed by atoms with Crippen LogP contribution in [0.3, 0.4) is 0 Å². The summed E-state index contributed by atoms with van der Waals surface area (Å²) in [4.78, 5) is 11.5. The lowest BCUT2D eigenvalue weighted by Gasteiger charge is -2.31. The lowest BCUT2D eigenvalue weighted by molar-refractivity contribution is -0.126. The first-order valence-corrected chi connectivity index (χ1v) is 6.17. The Kier molecular flexibility index (Phi) is 4.64. The van der Waals surface area contributed by atoms with Gasteiger partial charge in [-0.1, -0.05) is 46.5 Å². The molecule has 3 atom stereocenters. The van der Waals surface area contributed by atoms with Crippen molar-refractivity contribution in [2.45, 2.75) is 59.3 Å². The van der Waals surface area contributed by atoms with Gasteiger partial charge in [0.2, 0.25) is 0 Å². The van der Waals surface area contributed by atoms with E-state index in [0.29, 0.717) is 17.6 Å². The Morgan fingerprint density at radius 2 is 2.00 bits per heavy atom. The van der Waals surface area contributed by atoms with Gasteiger partial charge in [0.25, 0.3) is 0 Å². The molecule has 0 aliphatic heterocycles. The fourth-order valence-corrected chi connectivity index (χ4v) is 2.56.